The van der Waals surface area contributed by atoms with Crippen molar-refractivity contribution in [3.8, 4) is 0 Å². The Hall–Kier alpha value is -0.570. The molecule has 2 atom stereocenters. The number of hydrogen-bond donors (Lipinski definition) is 2. The molecule has 0 aromatic rings. The SMILES string of the molecule is CCC1(CNC(=O)C2CC3CCCC(C2)C3N)CCCC1. The highest BCUT2D eigenvalue weighted by atomic mass is 16.1. The Bertz CT molecular complexity index is 361. The van der Waals surface area contributed by atoms with E-state index in [0.29, 0.717) is 29.2 Å². The average molecular weight is 292 g/mol. The lowest BCUT2D eigenvalue weighted by atomic mass is 9.65. The maximum atomic E-state index is 12.6. The second-order valence-electron chi connectivity index (χ2n) is 7.98. The van der Waals surface area contributed by atoms with Crippen molar-refractivity contribution < 1.29 is 4.79 Å². The van der Waals surface area contributed by atoms with E-state index in [9.17, 15) is 4.79 Å². The first-order valence-electron chi connectivity index (χ1n) is 9.17. The minimum Gasteiger partial charge on any atom is -0.355 e. The van der Waals surface area contributed by atoms with Gasteiger partial charge in [-0.1, -0.05) is 26.2 Å². The molecule has 3 nitrogen and oxygen atoms in total. The summed E-state index contributed by atoms with van der Waals surface area (Å²) in [5.41, 5.74) is 6.73. The topological polar surface area (TPSA) is 55.1 Å². The lowest BCUT2D eigenvalue weighted by molar-refractivity contribution is -0.128. The summed E-state index contributed by atoms with van der Waals surface area (Å²) < 4.78 is 0. The predicted octanol–water partition coefficient (Wildman–Crippen LogP) is 3.23. The monoisotopic (exact) mass is 292 g/mol. The summed E-state index contributed by atoms with van der Waals surface area (Å²) in [5.74, 6) is 1.74. The fourth-order valence-electron chi connectivity index (χ4n) is 5.20. The van der Waals surface area contributed by atoms with Gasteiger partial charge in [-0.05, 0) is 62.2 Å². The fourth-order valence-corrected chi connectivity index (χ4v) is 5.20. The normalized spacial score (nSPS) is 38.2. The van der Waals surface area contributed by atoms with Gasteiger partial charge in [-0.2, -0.15) is 0 Å². The Morgan fingerprint density at radius 3 is 2.33 bits per heavy atom. The van der Waals surface area contributed by atoms with E-state index in [1.165, 1.54) is 51.4 Å². The van der Waals surface area contributed by atoms with E-state index in [0.717, 1.165) is 19.4 Å². The highest BCUT2D eigenvalue weighted by Crippen LogP contribution is 2.43. The lowest BCUT2D eigenvalue weighted by Crippen LogP contribution is -2.49. The van der Waals surface area contributed by atoms with Crippen molar-refractivity contribution in [2.45, 2.75) is 77.2 Å². The minimum atomic E-state index is 0.232. The molecule has 21 heavy (non-hydrogen) atoms. The third-order valence-corrected chi connectivity index (χ3v) is 6.84. The quantitative estimate of drug-likeness (QED) is 0.836. The van der Waals surface area contributed by atoms with Crippen LogP contribution >= 0.6 is 0 Å². The van der Waals surface area contributed by atoms with Crippen LogP contribution in [0.15, 0.2) is 0 Å². The van der Waals surface area contributed by atoms with Crippen molar-refractivity contribution in [2.24, 2.45) is 28.9 Å². The first kappa shape index (κ1) is 15.3. The number of carbonyl (C=O) groups is 1. The molecular formula is C18H32N2O. The van der Waals surface area contributed by atoms with Crippen molar-refractivity contribution in [3.63, 3.8) is 0 Å². The van der Waals surface area contributed by atoms with E-state index in [1.54, 1.807) is 0 Å². The minimum absolute atomic E-state index is 0.232. The van der Waals surface area contributed by atoms with E-state index < -0.39 is 0 Å². The third kappa shape index (κ3) is 3.13. The molecule has 120 valence electrons. The maximum Gasteiger partial charge on any atom is 0.223 e. The molecule has 2 bridgehead atoms. The van der Waals surface area contributed by atoms with Crippen molar-refractivity contribution in [2.75, 3.05) is 6.54 Å². The lowest BCUT2D eigenvalue weighted by Gasteiger charge is -2.43. The van der Waals surface area contributed by atoms with Gasteiger partial charge in [-0.25, -0.2) is 0 Å². The zero-order chi connectivity index (χ0) is 14.9. The zero-order valence-electron chi connectivity index (χ0n) is 13.6. The molecule has 0 spiro atoms. The van der Waals surface area contributed by atoms with Gasteiger partial charge in [-0.3, -0.25) is 4.79 Å². The number of hydrogen-bond acceptors (Lipinski definition) is 2. The molecule has 3 aliphatic rings. The number of amides is 1. The second-order valence-corrected chi connectivity index (χ2v) is 7.98. The highest BCUT2D eigenvalue weighted by Gasteiger charge is 2.41. The van der Waals surface area contributed by atoms with Crippen LogP contribution in [0.1, 0.15) is 71.1 Å². The maximum absolute atomic E-state index is 12.6. The Kier molecular flexibility index (Phi) is 4.58. The van der Waals surface area contributed by atoms with Gasteiger partial charge in [0.15, 0.2) is 0 Å². The van der Waals surface area contributed by atoms with Crippen LogP contribution in [0, 0.1) is 23.2 Å². The Labute approximate surface area is 129 Å². The predicted molar refractivity (Wildman–Crippen MR) is 85.7 cm³/mol. The van der Waals surface area contributed by atoms with Gasteiger partial charge >= 0.3 is 0 Å². The molecule has 3 fully saturated rings. The summed E-state index contributed by atoms with van der Waals surface area (Å²) in [5, 5.41) is 3.31. The molecule has 3 N–H and O–H groups in total. The van der Waals surface area contributed by atoms with E-state index in [2.05, 4.69) is 12.2 Å². The first-order chi connectivity index (χ1) is 10.1. The van der Waals surface area contributed by atoms with Crippen molar-refractivity contribution in [3.05, 3.63) is 0 Å². The summed E-state index contributed by atoms with van der Waals surface area (Å²) in [6.07, 6.45) is 12.3. The highest BCUT2D eigenvalue weighted by molar-refractivity contribution is 5.78. The molecule has 2 unspecified atom stereocenters. The van der Waals surface area contributed by atoms with Crippen molar-refractivity contribution in [1.82, 2.24) is 5.32 Å². The molecule has 0 aromatic heterocycles. The van der Waals surface area contributed by atoms with Crippen LogP contribution in [0.25, 0.3) is 0 Å². The van der Waals surface area contributed by atoms with Gasteiger partial charge in [0.2, 0.25) is 5.91 Å². The largest absolute Gasteiger partial charge is 0.355 e. The van der Waals surface area contributed by atoms with Gasteiger partial charge in [0.25, 0.3) is 0 Å². The molecule has 0 saturated heterocycles. The molecule has 1 amide bonds. The second kappa shape index (κ2) is 6.28. The number of nitrogens with two attached hydrogens (primary N) is 1. The summed E-state index contributed by atoms with van der Waals surface area (Å²) in [4.78, 5) is 12.6. The van der Waals surface area contributed by atoms with Crippen LogP contribution in [-0.4, -0.2) is 18.5 Å². The molecule has 3 saturated carbocycles. The number of carbonyl (C=O) groups excluding carboxylic acids is 1. The van der Waals surface area contributed by atoms with Crippen LogP contribution in [0.4, 0.5) is 0 Å². The summed E-state index contributed by atoms with van der Waals surface area (Å²) in [6, 6.07) is 0.361. The Balaban J connectivity index is 1.54. The summed E-state index contributed by atoms with van der Waals surface area (Å²) in [7, 11) is 0. The van der Waals surface area contributed by atoms with Crippen LogP contribution in [0.5, 0.6) is 0 Å². The van der Waals surface area contributed by atoms with Gasteiger partial charge in [0.1, 0.15) is 0 Å². The van der Waals surface area contributed by atoms with Crippen molar-refractivity contribution >= 4 is 5.91 Å². The zero-order valence-corrected chi connectivity index (χ0v) is 13.6. The molecule has 0 heterocycles. The molecule has 0 aromatic carbocycles. The van der Waals surface area contributed by atoms with E-state index >= 15 is 0 Å². The molecule has 3 rings (SSSR count). The van der Waals surface area contributed by atoms with Crippen LogP contribution in [-0.2, 0) is 4.79 Å². The molecule has 0 radical (unpaired) electrons. The fraction of sp³-hybridized carbons (Fsp3) is 0.944. The van der Waals surface area contributed by atoms with Gasteiger partial charge in [0, 0.05) is 18.5 Å². The Morgan fingerprint density at radius 1 is 1.14 bits per heavy atom. The van der Waals surface area contributed by atoms with Crippen LogP contribution in [0.2, 0.25) is 0 Å². The van der Waals surface area contributed by atoms with Gasteiger partial charge < -0.3 is 11.1 Å². The number of rotatable bonds is 4. The van der Waals surface area contributed by atoms with E-state index in [1.807, 2.05) is 0 Å². The van der Waals surface area contributed by atoms with E-state index in [-0.39, 0.29) is 5.92 Å². The molecular weight excluding hydrogens is 260 g/mol. The molecule has 3 heteroatoms. The van der Waals surface area contributed by atoms with Crippen LogP contribution in [0.3, 0.4) is 0 Å². The third-order valence-electron chi connectivity index (χ3n) is 6.84. The van der Waals surface area contributed by atoms with Crippen LogP contribution < -0.4 is 11.1 Å². The smallest absolute Gasteiger partial charge is 0.223 e. The summed E-state index contributed by atoms with van der Waals surface area (Å²) in [6.45, 7) is 3.18. The van der Waals surface area contributed by atoms with E-state index in [4.69, 9.17) is 5.73 Å². The molecule has 0 aliphatic heterocycles. The van der Waals surface area contributed by atoms with Gasteiger partial charge in [0.05, 0.1) is 0 Å². The number of nitrogens with one attached hydrogen (secondary N) is 1. The Morgan fingerprint density at radius 2 is 1.76 bits per heavy atom. The van der Waals surface area contributed by atoms with Crippen molar-refractivity contribution in [1.29, 1.82) is 0 Å². The number of fused-ring (bicyclic) bond motifs is 2. The summed E-state index contributed by atoms with van der Waals surface area (Å²) >= 11 is 0. The first-order valence-corrected chi connectivity index (χ1v) is 9.17. The average Bonchev–Trinajstić information content (AvgIpc) is 2.94. The molecule has 3 aliphatic carbocycles. The standard InChI is InChI=1S/C18H32N2O/c1-2-18(8-3-4-9-18)12-20-17(21)15-10-13-6-5-7-14(11-15)16(13)19/h13-16H,2-12,19H2,1H3,(H,20,21). The van der Waals surface area contributed by atoms with Gasteiger partial charge in [-0.15, -0.1) is 0 Å².